The number of aldehydes is 1. The minimum atomic E-state index is -0.872. The van der Waals surface area contributed by atoms with Gasteiger partial charge in [-0.3, -0.25) is 9.48 Å². The van der Waals surface area contributed by atoms with Gasteiger partial charge in [0.2, 0.25) is 5.88 Å². The fraction of sp³-hybridized carbons (Fsp3) is 0.667. The number of hydrogen-bond acceptors (Lipinski definition) is 5. The number of aliphatic hydroxyl groups is 1. The lowest BCUT2D eigenvalue weighted by Gasteiger charge is -2.16. The molecule has 0 amide bonds. The van der Waals surface area contributed by atoms with E-state index in [0.29, 0.717) is 29.6 Å². The van der Waals surface area contributed by atoms with E-state index in [4.69, 9.17) is 4.74 Å². The Morgan fingerprint density at radius 1 is 1.21 bits per heavy atom. The van der Waals surface area contributed by atoms with E-state index in [2.05, 4.69) is 10.1 Å². The van der Waals surface area contributed by atoms with Crippen LogP contribution < -0.4 is 4.74 Å². The number of fused-ring (bicyclic) bond motifs is 1. The predicted octanol–water partition coefficient (Wildman–Crippen LogP) is 2.80. The van der Waals surface area contributed by atoms with Crippen LogP contribution in [0.2, 0.25) is 0 Å². The molecule has 0 saturated heterocycles. The number of nitrogens with zero attached hydrogens (tertiary/aromatic N) is 4. The Balaban J connectivity index is 1.41. The smallest absolute Gasteiger partial charge is 0.233 e. The first-order valence-electron chi connectivity index (χ1n) is 10.1. The lowest BCUT2D eigenvalue weighted by Crippen LogP contribution is -2.27. The van der Waals surface area contributed by atoms with Gasteiger partial charge < -0.3 is 14.4 Å². The molecular formula is C21H30N4O3. The molecule has 2 heterocycles. The zero-order valence-electron chi connectivity index (χ0n) is 17.1. The summed E-state index contributed by atoms with van der Waals surface area (Å²) >= 11 is 0. The summed E-state index contributed by atoms with van der Waals surface area (Å²) in [5.41, 5.74) is 2.04. The summed E-state index contributed by atoms with van der Waals surface area (Å²) in [5, 5.41) is 14.3. The molecule has 0 aliphatic heterocycles. The zero-order valence-corrected chi connectivity index (χ0v) is 17.1. The Hall–Kier alpha value is -2.15. The van der Waals surface area contributed by atoms with Crippen LogP contribution in [0.4, 0.5) is 0 Å². The van der Waals surface area contributed by atoms with E-state index in [9.17, 15) is 9.90 Å². The van der Waals surface area contributed by atoms with Crippen molar-refractivity contribution in [2.45, 2.75) is 57.0 Å². The van der Waals surface area contributed by atoms with Gasteiger partial charge in [-0.25, -0.2) is 4.98 Å². The van der Waals surface area contributed by atoms with Crippen molar-refractivity contribution in [2.24, 2.45) is 25.9 Å². The van der Waals surface area contributed by atoms with Gasteiger partial charge in [-0.05, 0) is 51.4 Å². The summed E-state index contributed by atoms with van der Waals surface area (Å²) in [4.78, 5) is 15.9. The highest BCUT2D eigenvalue weighted by Gasteiger charge is 2.44. The maximum absolute atomic E-state index is 11.4. The Bertz CT molecular complexity index is 850. The second kappa shape index (κ2) is 7.03. The number of aromatic nitrogens is 4. The second-order valence-corrected chi connectivity index (χ2v) is 9.23. The topological polar surface area (TPSA) is 82.2 Å². The molecule has 7 heteroatoms. The molecule has 2 unspecified atom stereocenters. The number of rotatable bonds is 6. The maximum atomic E-state index is 11.4. The third-order valence-corrected chi connectivity index (χ3v) is 6.41. The monoisotopic (exact) mass is 386 g/mol. The third kappa shape index (κ3) is 3.60. The molecular weight excluding hydrogens is 356 g/mol. The van der Waals surface area contributed by atoms with Crippen LogP contribution in [0.5, 0.6) is 5.88 Å². The molecule has 0 aromatic carbocycles. The Kier molecular flexibility index (Phi) is 4.81. The van der Waals surface area contributed by atoms with Crippen molar-refractivity contribution >= 4 is 6.29 Å². The van der Waals surface area contributed by atoms with Gasteiger partial charge in [0.15, 0.2) is 6.29 Å². The van der Waals surface area contributed by atoms with E-state index in [0.717, 1.165) is 43.4 Å². The number of aryl methyl sites for hydroxylation is 2. The van der Waals surface area contributed by atoms with Gasteiger partial charge in [0, 0.05) is 37.7 Å². The van der Waals surface area contributed by atoms with Crippen molar-refractivity contribution in [1.82, 2.24) is 19.3 Å². The molecule has 2 aromatic heterocycles. The molecule has 1 N–H and O–H groups in total. The van der Waals surface area contributed by atoms with Crippen LogP contribution in [0.1, 0.15) is 73.2 Å². The maximum Gasteiger partial charge on any atom is 0.233 e. The van der Waals surface area contributed by atoms with Gasteiger partial charge in [-0.2, -0.15) is 0 Å². The van der Waals surface area contributed by atoms with Crippen LogP contribution in [0.3, 0.4) is 0 Å². The van der Waals surface area contributed by atoms with Crippen molar-refractivity contribution in [2.75, 3.05) is 6.61 Å². The molecule has 7 nitrogen and oxygen atoms in total. The van der Waals surface area contributed by atoms with E-state index >= 15 is 0 Å². The molecule has 0 spiro atoms. The molecule has 0 bridgehead atoms. The number of imidazole rings is 1. The SMILES string of the molecule is Cn1cnc(C2CC3CC(c4cc(OCC(C)(C)O)nn4C)CC3C2)c1C=O. The molecule has 152 valence electrons. The van der Waals surface area contributed by atoms with Gasteiger partial charge in [0.25, 0.3) is 0 Å². The molecule has 2 aliphatic carbocycles. The first-order chi connectivity index (χ1) is 13.2. The molecule has 4 rings (SSSR count). The van der Waals surface area contributed by atoms with E-state index < -0.39 is 5.60 Å². The van der Waals surface area contributed by atoms with Crippen LogP contribution in [0.25, 0.3) is 0 Å². The molecule has 2 fully saturated rings. The van der Waals surface area contributed by atoms with Crippen LogP contribution in [0.15, 0.2) is 12.4 Å². The first kappa shape index (κ1) is 19.2. The largest absolute Gasteiger partial charge is 0.474 e. The minimum absolute atomic E-state index is 0.226. The number of carbonyl (C=O) groups is 1. The average molecular weight is 386 g/mol. The van der Waals surface area contributed by atoms with Crippen LogP contribution in [-0.4, -0.2) is 42.9 Å². The number of carbonyl (C=O) groups excluding carboxylic acids is 1. The average Bonchev–Trinajstić information content (AvgIpc) is 3.33. The van der Waals surface area contributed by atoms with E-state index in [1.807, 2.05) is 29.4 Å². The summed E-state index contributed by atoms with van der Waals surface area (Å²) < 4.78 is 9.41. The van der Waals surface area contributed by atoms with Crippen molar-refractivity contribution in [3.63, 3.8) is 0 Å². The Morgan fingerprint density at radius 3 is 2.46 bits per heavy atom. The molecule has 28 heavy (non-hydrogen) atoms. The molecule has 2 aromatic rings. The van der Waals surface area contributed by atoms with Crippen LogP contribution in [0, 0.1) is 11.8 Å². The Labute approximate surface area is 165 Å². The highest BCUT2D eigenvalue weighted by Crippen LogP contribution is 2.55. The number of ether oxygens (including phenoxy) is 1. The van der Waals surface area contributed by atoms with Gasteiger partial charge in [-0.1, -0.05) is 0 Å². The normalized spacial score (nSPS) is 27.2. The summed E-state index contributed by atoms with van der Waals surface area (Å²) in [5.74, 6) is 2.81. The summed E-state index contributed by atoms with van der Waals surface area (Å²) in [6.07, 6.45) is 7.20. The highest BCUT2D eigenvalue weighted by atomic mass is 16.5. The highest BCUT2D eigenvalue weighted by molar-refractivity contribution is 5.74. The van der Waals surface area contributed by atoms with Crippen molar-refractivity contribution in [3.8, 4) is 5.88 Å². The molecule has 2 saturated carbocycles. The van der Waals surface area contributed by atoms with E-state index in [-0.39, 0.29) is 6.61 Å². The molecule has 2 atom stereocenters. The fourth-order valence-corrected chi connectivity index (χ4v) is 5.15. The number of hydrogen-bond donors (Lipinski definition) is 1. The zero-order chi connectivity index (χ0) is 20.1. The van der Waals surface area contributed by atoms with Crippen LogP contribution >= 0.6 is 0 Å². The lowest BCUT2D eigenvalue weighted by atomic mass is 9.93. The Morgan fingerprint density at radius 2 is 1.86 bits per heavy atom. The van der Waals surface area contributed by atoms with Crippen molar-refractivity contribution in [3.05, 3.63) is 29.5 Å². The predicted molar refractivity (Wildman–Crippen MR) is 105 cm³/mol. The summed E-state index contributed by atoms with van der Waals surface area (Å²) in [6, 6.07) is 2.03. The standard InChI is InChI=1S/C21H30N4O3/c1-21(2,27)11-28-19-9-17(25(4)23-19)15-5-13-7-16(8-14(13)6-15)20-18(10-26)24(3)12-22-20/h9-10,12-16,27H,5-8,11H2,1-4H3. The third-order valence-electron chi connectivity index (χ3n) is 6.41. The van der Waals surface area contributed by atoms with E-state index in [1.54, 1.807) is 20.2 Å². The lowest BCUT2D eigenvalue weighted by molar-refractivity contribution is 0.0266. The second-order valence-electron chi connectivity index (χ2n) is 9.23. The van der Waals surface area contributed by atoms with Gasteiger partial charge in [-0.15, -0.1) is 5.10 Å². The quantitative estimate of drug-likeness (QED) is 0.772. The van der Waals surface area contributed by atoms with Gasteiger partial charge in [0.05, 0.1) is 17.6 Å². The van der Waals surface area contributed by atoms with Gasteiger partial charge >= 0.3 is 0 Å². The van der Waals surface area contributed by atoms with Crippen molar-refractivity contribution in [1.29, 1.82) is 0 Å². The minimum Gasteiger partial charge on any atom is -0.474 e. The summed E-state index contributed by atoms with van der Waals surface area (Å²) in [7, 11) is 3.85. The van der Waals surface area contributed by atoms with E-state index in [1.165, 1.54) is 5.69 Å². The van der Waals surface area contributed by atoms with Crippen LogP contribution in [-0.2, 0) is 14.1 Å². The van der Waals surface area contributed by atoms with Crippen molar-refractivity contribution < 1.29 is 14.6 Å². The molecule has 2 aliphatic rings. The summed E-state index contributed by atoms with van der Waals surface area (Å²) in [6.45, 7) is 3.68. The fourth-order valence-electron chi connectivity index (χ4n) is 5.15. The molecule has 0 radical (unpaired) electrons. The van der Waals surface area contributed by atoms with Gasteiger partial charge in [0.1, 0.15) is 12.3 Å². The first-order valence-corrected chi connectivity index (χ1v) is 10.1.